The van der Waals surface area contributed by atoms with Gasteiger partial charge in [0.05, 0.1) is 32.9 Å². The Morgan fingerprint density at radius 3 is 2.33 bits per heavy atom. The van der Waals surface area contributed by atoms with Gasteiger partial charge in [0, 0.05) is 24.3 Å². The smallest absolute Gasteiger partial charge is 0.341 e. The lowest BCUT2D eigenvalue weighted by molar-refractivity contribution is -0.139. The number of fused-ring (bicyclic) bond motifs is 1. The zero-order valence-corrected chi connectivity index (χ0v) is 25.0. The Bertz CT molecular complexity index is 1260. The number of Topliss-reactive ketones (excluding diaryl/α,β-unsaturated/α-hetero) is 1. The Kier molecular flexibility index (Phi) is 11.3. The van der Waals surface area contributed by atoms with E-state index in [1.54, 1.807) is 12.1 Å². The molecule has 2 aromatic rings. The number of unbranched alkanes of at least 4 members (excludes halogenated alkanes) is 1. The lowest BCUT2D eigenvalue weighted by Gasteiger charge is -2.26. The molecule has 1 aliphatic heterocycles. The largest absolute Gasteiger partial charge is 0.493 e. The molecule has 0 bridgehead atoms. The number of carboxylic acids is 1. The zero-order valence-electron chi connectivity index (χ0n) is 23.3. The molecule has 220 valence electrons. The average molecular weight is 628 g/mol. The molecular weight excluding hydrogens is 591 g/mol. The Hall–Kier alpha value is -3.38. The van der Waals surface area contributed by atoms with Gasteiger partial charge in [-0.1, -0.05) is 20.8 Å². The van der Waals surface area contributed by atoms with Gasteiger partial charge in [0.15, 0.2) is 41.2 Å². The Labute approximate surface area is 243 Å². The quantitative estimate of drug-likeness (QED) is 0.219. The van der Waals surface area contributed by atoms with Crippen LogP contribution in [-0.4, -0.2) is 73.3 Å². The van der Waals surface area contributed by atoms with Crippen molar-refractivity contribution in [3.8, 4) is 23.0 Å². The lowest BCUT2D eigenvalue weighted by atomic mass is 9.84. The number of hydrogen-bond acceptors (Lipinski definition) is 8. The number of amidine groups is 1. The van der Waals surface area contributed by atoms with Crippen LogP contribution in [0.4, 0.5) is 4.39 Å². The minimum atomic E-state index is -1.16. The van der Waals surface area contributed by atoms with Gasteiger partial charge < -0.3 is 34.1 Å². The predicted molar refractivity (Wildman–Crippen MR) is 151 cm³/mol. The normalized spacial score (nSPS) is 12.5. The summed E-state index contributed by atoms with van der Waals surface area (Å²) < 4.78 is 37.0. The summed E-state index contributed by atoms with van der Waals surface area (Å²) >= 11 is 0. The van der Waals surface area contributed by atoms with Crippen molar-refractivity contribution in [1.82, 2.24) is 4.90 Å². The Morgan fingerprint density at radius 1 is 1.05 bits per heavy atom. The van der Waals surface area contributed by atoms with E-state index in [0.717, 1.165) is 0 Å². The summed E-state index contributed by atoms with van der Waals surface area (Å²) in [4.78, 5) is 26.2. The van der Waals surface area contributed by atoms with E-state index in [9.17, 15) is 14.7 Å². The summed E-state index contributed by atoms with van der Waals surface area (Å²) in [5.74, 6) is -1.84. The summed E-state index contributed by atoms with van der Waals surface area (Å²) in [6.45, 7) is 5.25. The maximum absolute atomic E-state index is 15.1. The van der Waals surface area contributed by atoms with Crippen LogP contribution < -0.4 is 18.9 Å². The Balaban J connectivity index is 0.00000560. The first-order chi connectivity index (χ1) is 18.4. The van der Waals surface area contributed by atoms with E-state index in [0.29, 0.717) is 24.0 Å². The van der Waals surface area contributed by atoms with Crippen molar-refractivity contribution in [1.29, 1.82) is 5.41 Å². The molecule has 2 aromatic carbocycles. The molecule has 0 aromatic heterocycles. The van der Waals surface area contributed by atoms with Gasteiger partial charge in [0.25, 0.3) is 0 Å². The topological polar surface area (TPSA) is 139 Å². The second-order valence-electron chi connectivity index (χ2n) is 10.2. The highest BCUT2D eigenvalue weighted by molar-refractivity contribution is 8.93. The van der Waals surface area contributed by atoms with Crippen LogP contribution in [0.25, 0.3) is 0 Å². The molecule has 0 atom stereocenters. The van der Waals surface area contributed by atoms with Gasteiger partial charge in [-0.15, -0.1) is 17.0 Å². The van der Waals surface area contributed by atoms with Crippen molar-refractivity contribution in [3.63, 3.8) is 0 Å². The van der Waals surface area contributed by atoms with Gasteiger partial charge in [-0.05, 0) is 42.0 Å². The standard InChI is InChI=1S/C28H35FN2O8.BrH/c1-28(2,3)18-10-16(11-21(38-9-7-6-8-32)25(18)39-15-22(34)35)19(33)14-31-13-17-12-20(36-4)26(37-5)24(29)23(17)27(31)30;/h10-12,30,32H,6-9,13-15H2,1-5H3,(H,34,35);1H. The summed E-state index contributed by atoms with van der Waals surface area (Å²) in [5, 5.41) is 26.8. The van der Waals surface area contributed by atoms with Gasteiger partial charge in [-0.25, -0.2) is 9.18 Å². The minimum Gasteiger partial charge on any atom is -0.493 e. The highest BCUT2D eigenvalue weighted by Gasteiger charge is 2.33. The fraction of sp³-hybridized carbons (Fsp3) is 0.464. The molecule has 3 N–H and O–H groups in total. The molecule has 0 spiro atoms. The van der Waals surface area contributed by atoms with Gasteiger partial charge in [0.1, 0.15) is 5.84 Å². The van der Waals surface area contributed by atoms with Crippen molar-refractivity contribution in [2.24, 2.45) is 0 Å². The SMILES string of the molecule is Br.COc1cc2c(c(F)c1OC)C(=N)N(CC(=O)c1cc(OCCCCO)c(OCC(=O)O)c(C(C)(C)C)c1)C2. The van der Waals surface area contributed by atoms with E-state index in [4.69, 9.17) is 29.5 Å². The number of nitrogens with one attached hydrogen (secondary N) is 1. The first-order valence-electron chi connectivity index (χ1n) is 12.5. The van der Waals surface area contributed by atoms with Gasteiger partial charge >= 0.3 is 5.97 Å². The molecule has 0 fully saturated rings. The highest BCUT2D eigenvalue weighted by atomic mass is 79.9. The van der Waals surface area contributed by atoms with Crippen molar-refractivity contribution in [2.45, 2.75) is 45.6 Å². The maximum atomic E-state index is 15.1. The molecule has 12 heteroatoms. The van der Waals surface area contributed by atoms with Crippen molar-refractivity contribution < 1.29 is 43.1 Å². The molecule has 0 saturated carbocycles. The molecular formula is C28H36BrFN2O8. The van der Waals surface area contributed by atoms with E-state index in [-0.39, 0.29) is 89.0 Å². The third-order valence-electron chi connectivity index (χ3n) is 6.28. The first kappa shape index (κ1) is 32.8. The summed E-state index contributed by atoms with van der Waals surface area (Å²) in [5.41, 5.74) is 0.871. The molecule has 0 saturated heterocycles. The fourth-order valence-electron chi connectivity index (χ4n) is 4.33. The second kappa shape index (κ2) is 13.8. The molecule has 1 heterocycles. The number of aliphatic hydroxyl groups excluding tert-OH is 1. The third-order valence-corrected chi connectivity index (χ3v) is 6.28. The number of rotatable bonds is 13. The van der Waals surface area contributed by atoms with Gasteiger partial charge in [-0.3, -0.25) is 10.2 Å². The van der Waals surface area contributed by atoms with Crippen molar-refractivity contribution >= 4 is 34.6 Å². The zero-order chi connectivity index (χ0) is 28.9. The number of ether oxygens (including phenoxy) is 4. The maximum Gasteiger partial charge on any atom is 0.341 e. The van der Waals surface area contributed by atoms with Gasteiger partial charge in [-0.2, -0.15) is 0 Å². The fourth-order valence-corrected chi connectivity index (χ4v) is 4.33. The molecule has 0 aliphatic carbocycles. The van der Waals surface area contributed by atoms with Crippen LogP contribution in [0.15, 0.2) is 18.2 Å². The number of nitrogens with zero attached hydrogens (tertiary/aromatic N) is 1. The monoisotopic (exact) mass is 626 g/mol. The van der Waals surface area contributed by atoms with E-state index < -0.39 is 23.8 Å². The molecule has 3 rings (SSSR count). The van der Waals surface area contributed by atoms with E-state index in [1.807, 2.05) is 20.8 Å². The summed E-state index contributed by atoms with van der Waals surface area (Å²) in [7, 11) is 2.71. The van der Waals surface area contributed by atoms with E-state index in [2.05, 4.69) is 0 Å². The summed E-state index contributed by atoms with van der Waals surface area (Å²) in [6.07, 6.45) is 1.05. The Morgan fingerprint density at radius 2 is 1.75 bits per heavy atom. The average Bonchev–Trinajstić information content (AvgIpc) is 3.19. The van der Waals surface area contributed by atoms with Crippen LogP contribution >= 0.6 is 17.0 Å². The number of carboxylic acid groups (broad SMARTS) is 1. The highest BCUT2D eigenvalue weighted by Crippen LogP contribution is 2.41. The first-order valence-corrected chi connectivity index (χ1v) is 12.5. The molecule has 10 nitrogen and oxygen atoms in total. The number of carbonyl (C=O) groups excluding carboxylic acids is 1. The minimum absolute atomic E-state index is 0. The number of benzene rings is 2. The number of aliphatic carboxylic acids is 1. The van der Waals surface area contributed by atoms with E-state index in [1.165, 1.54) is 25.2 Å². The van der Waals surface area contributed by atoms with Gasteiger partial charge in [0.2, 0.25) is 0 Å². The van der Waals surface area contributed by atoms with E-state index >= 15 is 4.39 Å². The number of methoxy groups -OCH3 is 2. The second-order valence-corrected chi connectivity index (χ2v) is 10.2. The molecule has 0 unspecified atom stereocenters. The van der Waals surface area contributed by atoms with Crippen LogP contribution in [0.2, 0.25) is 0 Å². The molecule has 1 aliphatic rings. The third kappa shape index (κ3) is 7.22. The van der Waals surface area contributed by atoms with Crippen LogP contribution in [0.3, 0.4) is 0 Å². The molecule has 0 radical (unpaired) electrons. The van der Waals surface area contributed by atoms with Crippen molar-refractivity contribution in [3.05, 3.63) is 46.3 Å². The van der Waals surface area contributed by atoms with Crippen LogP contribution in [-0.2, 0) is 16.8 Å². The van der Waals surface area contributed by atoms with Crippen LogP contribution in [0, 0.1) is 11.2 Å². The molecule has 0 amide bonds. The van der Waals surface area contributed by atoms with Crippen LogP contribution in [0.1, 0.15) is 60.7 Å². The van der Waals surface area contributed by atoms with Crippen LogP contribution in [0.5, 0.6) is 23.0 Å². The number of aliphatic hydroxyl groups is 1. The predicted octanol–water partition coefficient (Wildman–Crippen LogP) is 4.36. The number of halogens is 2. The number of carbonyl (C=O) groups is 2. The molecule has 40 heavy (non-hydrogen) atoms. The summed E-state index contributed by atoms with van der Waals surface area (Å²) in [6, 6.07) is 4.73. The lowest BCUT2D eigenvalue weighted by Crippen LogP contribution is -2.30. The van der Waals surface area contributed by atoms with Crippen molar-refractivity contribution in [2.75, 3.05) is 40.6 Å². The number of ketones is 1. The number of hydrogen-bond donors (Lipinski definition) is 3.